The number of hydrogen-bond donors (Lipinski definition) is 4. The number of urea groups is 1. The number of carbonyl (C=O) groups is 4. The van der Waals surface area contributed by atoms with Crippen LogP contribution in [0.5, 0.6) is 5.75 Å². The van der Waals surface area contributed by atoms with E-state index in [1.165, 1.54) is 12.0 Å². The first kappa shape index (κ1) is 27.9. The van der Waals surface area contributed by atoms with Crippen LogP contribution in [-0.4, -0.2) is 60.4 Å². The van der Waals surface area contributed by atoms with Crippen molar-refractivity contribution in [1.29, 1.82) is 0 Å². The Balaban J connectivity index is 2.14. The van der Waals surface area contributed by atoms with Crippen LogP contribution in [0.4, 0.5) is 10.5 Å². The minimum absolute atomic E-state index is 0.143. The highest BCUT2D eigenvalue weighted by atomic mass is 16.5. The van der Waals surface area contributed by atoms with Gasteiger partial charge in [0.1, 0.15) is 17.8 Å². The maximum absolute atomic E-state index is 13.2. The topological polar surface area (TPSA) is 143 Å². The Hall–Kier alpha value is -3.30. The molecule has 0 saturated carbocycles. The van der Waals surface area contributed by atoms with Crippen LogP contribution in [0.25, 0.3) is 0 Å². The van der Waals surface area contributed by atoms with E-state index in [-0.39, 0.29) is 36.6 Å². The number of primary amides is 1. The van der Waals surface area contributed by atoms with Crippen LogP contribution in [0.1, 0.15) is 53.9 Å². The average molecular weight is 490 g/mol. The van der Waals surface area contributed by atoms with Gasteiger partial charge in [0, 0.05) is 24.7 Å². The van der Waals surface area contributed by atoms with E-state index in [1.54, 1.807) is 24.3 Å². The van der Waals surface area contributed by atoms with Crippen LogP contribution in [0.3, 0.4) is 0 Å². The predicted octanol–water partition coefficient (Wildman–Crippen LogP) is 2.24. The van der Waals surface area contributed by atoms with Crippen molar-refractivity contribution in [2.75, 3.05) is 19.0 Å². The van der Waals surface area contributed by atoms with Crippen molar-refractivity contribution in [3.05, 3.63) is 24.3 Å². The van der Waals surface area contributed by atoms with Gasteiger partial charge in [0.05, 0.1) is 13.2 Å². The van der Waals surface area contributed by atoms with E-state index in [0.29, 0.717) is 17.9 Å². The number of amides is 5. The molecule has 2 rings (SSSR count). The summed E-state index contributed by atoms with van der Waals surface area (Å²) in [5.74, 6) is -0.511. The van der Waals surface area contributed by atoms with Gasteiger partial charge < -0.3 is 31.3 Å². The molecule has 0 bridgehead atoms. The molecule has 1 saturated heterocycles. The van der Waals surface area contributed by atoms with Crippen LogP contribution >= 0.6 is 0 Å². The van der Waals surface area contributed by atoms with Crippen molar-refractivity contribution in [1.82, 2.24) is 15.5 Å². The summed E-state index contributed by atoms with van der Waals surface area (Å²) in [5, 5.41) is 8.31. The van der Waals surface area contributed by atoms with Crippen LogP contribution in [0, 0.1) is 11.3 Å². The molecule has 0 aromatic heterocycles. The summed E-state index contributed by atoms with van der Waals surface area (Å²) in [5.41, 5.74) is 5.76. The standard InChI is InChI=1S/C25H39N5O5/c1-15(2)10-19(22(26)32)29-23(33)20-12-17(14-30(20)21(31)13-25(3,4)5)28-24(34)27-16-8-7-9-18(11-16)35-6/h7-9,11,15,17,19-20H,10,12-14H2,1-6H3,(H2,26,32)(H,29,33)(H2,27,28,34). The second-order valence-corrected chi connectivity index (χ2v) is 10.7. The first-order valence-electron chi connectivity index (χ1n) is 11.9. The molecule has 1 aliphatic heterocycles. The number of carbonyl (C=O) groups excluding carboxylic acids is 4. The molecule has 0 radical (unpaired) electrons. The maximum atomic E-state index is 13.2. The lowest BCUT2D eigenvalue weighted by Crippen LogP contribution is -2.52. The lowest BCUT2D eigenvalue weighted by Gasteiger charge is -2.28. The van der Waals surface area contributed by atoms with Crippen LogP contribution in [0.2, 0.25) is 0 Å². The number of anilines is 1. The number of hydrogen-bond acceptors (Lipinski definition) is 5. The predicted molar refractivity (Wildman–Crippen MR) is 134 cm³/mol. The molecule has 10 heteroatoms. The second-order valence-electron chi connectivity index (χ2n) is 10.7. The first-order valence-corrected chi connectivity index (χ1v) is 11.9. The number of nitrogens with two attached hydrogens (primary N) is 1. The van der Waals surface area contributed by atoms with Gasteiger partial charge in [-0.15, -0.1) is 0 Å². The fraction of sp³-hybridized carbons (Fsp3) is 0.600. The number of likely N-dealkylation sites (tertiary alicyclic amines) is 1. The van der Waals surface area contributed by atoms with Crippen molar-refractivity contribution >= 4 is 29.4 Å². The smallest absolute Gasteiger partial charge is 0.319 e. The minimum atomic E-state index is -0.828. The number of rotatable bonds is 9. The normalized spacial score (nSPS) is 18.7. The fourth-order valence-electron chi connectivity index (χ4n) is 4.06. The Labute approximate surface area is 207 Å². The Morgan fingerprint density at radius 3 is 2.46 bits per heavy atom. The molecule has 3 unspecified atom stereocenters. The molecular formula is C25H39N5O5. The average Bonchev–Trinajstić information content (AvgIpc) is 3.15. The Morgan fingerprint density at radius 2 is 1.89 bits per heavy atom. The molecule has 1 aromatic rings. The molecular weight excluding hydrogens is 450 g/mol. The third-order valence-corrected chi connectivity index (χ3v) is 5.64. The molecule has 1 fully saturated rings. The van der Waals surface area contributed by atoms with Crippen molar-refractivity contribution < 1.29 is 23.9 Å². The largest absolute Gasteiger partial charge is 0.497 e. The SMILES string of the molecule is COc1cccc(NC(=O)NC2CC(C(=O)NC(CC(C)C)C(N)=O)N(C(=O)CC(C)(C)C)C2)c1. The van der Waals surface area contributed by atoms with Crippen molar-refractivity contribution in [2.24, 2.45) is 17.1 Å². The molecule has 1 aromatic carbocycles. The van der Waals surface area contributed by atoms with Gasteiger partial charge in [-0.1, -0.05) is 40.7 Å². The van der Waals surface area contributed by atoms with Gasteiger partial charge in [0.2, 0.25) is 17.7 Å². The summed E-state index contributed by atoms with van der Waals surface area (Å²) in [7, 11) is 1.54. The molecule has 1 aliphatic rings. The first-order chi connectivity index (χ1) is 16.3. The minimum Gasteiger partial charge on any atom is -0.497 e. The fourth-order valence-corrected chi connectivity index (χ4v) is 4.06. The Morgan fingerprint density at radius 1 is 1.20 bits per heavy atom. The van der Waals surface area contributed by atoms with Crippen LogP contribution in [0.15, 0.2) is 24.3 Å². The number of methoxy groups -OCH3 is 1. The van der Waals surface area contributed by atoms with Crippen molar-refractivity contribution in [2.45, 2.75) is 72.0 Å². The summed E-state index contributed by atoms with van der Waals surface area (Å²) in [4.78, 5) is 52.2. The van der Waals surface area contributed by atoms with Gasteiger partial charge >= 0.3 is 6.03 Å². The number of nitrogens with zero attached hydrogens (tertiary/aromatic N) is 1. The summed E-state index contributed by atoms with van der Waals surface area (Å²) in [6, 6.07) is 4.38. The van der Waals surface area contributed by atoms with Crippen molar-refractivity contribution in [3.63, 3.8) is 0 Å². The molecule has 5 amide bonds. The van der Waals surface area contributed by atoms with Gasteiger partial charge in [0.15, 0.2) is 0 Å². The van der Waals surface area contributed by atoms with E-state index in [9.17, 15) is 19.2 Å². The zero-order valence-corrected chi connectivity index (χ0v) is 21.5. The molecule has 5 N–H and O–H groups in total. The van der Waals surface area contributed by atoms with Gasteiger partial charge in [-0.25, -0.2) is 4.79 Å². The third kappa shape index (κ3) is 8.77. The van der Waals surface area contributed by atoms with E-state index >= 15 is 0 Å². The lowest BCUT2D eigenvalue weighted by atomic mass is 9.91. The van der Waals surface area contributed by atoms with Gasteiger partial charge in [-0.2, -0.15) is 0 Å². The van der Waals surface area contributed by atoms with Gasteiger partial charge in [0.25, 0.3) is 0 Å². The highest BCUT2D eigenvalue weighted by molar-refractivity contribution is 5.93. The van der Waals surface area contributed by atoms with Gasteiger partial charge in [-0.05, 0) is 36.3 Å². The maximum Gasteiger partial charge on any atom is 0.319 e. The second kappa shape index (κ2) is 11.9. The van der Waals surface area contributed by atoms with Crippen LogP contribution < -0.4 is 26.4 Å². The Bertz CT molecular complexity index is 927. The summed E-state index contributed by atoms with van der Waals surface area (Å²) < 4.78 is 5.17. The lowest BCUT2D eigenvalue weighted by molar-refractivity contribution is -0.140. The molecule has 35 heavy (non-hydrogen) atoms. The monoisotopic (exact) mass is 489 g/mol. The summed E-state index contributed by atoms with van der Waals surface area (Å²) in [6.07, 6.45) is 0.861. The van der Waals surface area contributed by atoms with E-state index in [2.05, 4.69) is 16.0 Å². The molecule has 194 valence electrons. The number of nitrogens with one attached hydrogen (secondary N) is 3. The summed E-state index contributed by atoms with van der Waals surface area (Å²) >= 11 is 0. The molecule has 1 heterocycles. The quantitative estimate of drug-likeness (QED) is 0.421. The zero-order chi connectivity index (χ0) is 26.3. The van der Waals surface area contributed by atoms with Crippen molar-refractivity contribution in [3.8, 4) is 5.75 Å². The Kier molecular flexibility index (Phi) is 9.50. The third-order valence-electron chi connectivity index (χ3n) is 5.64. The van der Waals surface area contributed by atoms with E-state index in [4.69, 9.17) is 10.5 Å². The van der Waals surface area contributed by atoms with E-state index < -0.39 is 36.0 Å². The number of benzene rings is 1. The van der Waals surface area contributed by atoms with Gasteiger partial charge in [-0.3, -0.25) is 14.4 Å². The zero-order valence-electron chi connectivity index (χ0n) is 21.5. The molecule has 10 nitrogen and oxygen atoms in total. The molecule has 0 spiro atoms. The highest BCUT2D eigenvalue weighted by Gasteiger charge is 2.41. The van der Waals surface area contributed by atoms with E-state index in [0.717, 1.165) is 0 Å². The summed E-state index contributed by atoms with van der Waals surface area (Å²) in [6.45, 7) is 9.87. The van der Waals surface area contributed by atoms with E-state index in [1.807, 2.05) is 34.6 Å². The highest BCUT2D eigenvalue weighted by Crippen LogP contribution is 2.26. The number of ether oxygens (including phenoxy) is 1. The molecule has 3 atom stereocenters. The molecule has 0 aliphatic carbocycles. The van der Waals surface area contributed by atoms with Crippen LogP contribution in [-0.2, 0) is 14.4 Å².